The first-order chi connectivity index (χ1) is 9.19. The molecule has 0 spiro atoms. The van der Waals surface area contributed by atoms with Crippen LogP contribution < -0.4 is 11.1 Å². The lowest BCUT2D eigenvalue weighted by atomic mass is 10.1. The largest absolute Gasteiger partial charge is 0.351 e. The SMILES string of the molecule is Cc1cc(Br)ccc1CNC(=O)C(N)CCS(C)(=O)=O. The minimum Gasteiger partial charge on any atom is -0.351 e. The number of nitrogens with two attached hydrogens (primary N) is 1. The molecule has 0 saturated carbocycles. The molecule has 112 valence electrons. The molecule has 1 unspecified atom stereocenters. The van der Waals surface area contributed by atoms with Crippen molar-refractivity contribution in [3.05, 3.63) is 33.8 Å². The topological polar surface area (TPSA) is 89.3 Å². The lowest BCUT2D eigenvalue weighted by Crippen LogP contribution is -2.41. The van der Waals surface area contributed by atoms with Gasteiger partial charge in [0.2, 0.25) is 5.91 Å². The Kier molecular flexibility index (Phi) is 6.16. The molecule has 0 aliphatic carbocycles. The third-order valence-corrected chi connectivity index (χ3v) is 4.36. The van der Waals surface area contributed by atoms with Crippen LogP contribution in [-0.4, -0.2) is 32.4 Å². The number of aryl methyl sites for hydroxylation is 1. The van der Waals surface area contributed by atoms with Crippen LogP contribution in [0.15, 0.2) is 22.7 Å². The smallest absolute Gasteiger partial charge is 0.237 e. The molecule has 0 radical (unpaired) electrons. The molecule has 20 heavy (non-hydrogen) atoms. The zero-order valence-electron chi connectivity index (χ0n) is 11.5. The molecular formula is C13H19BrN2O3S. The van der Waals surface area contributed by atoms with Crippen molar-refractivity contribution in [2.75, 3.05) is 12.0 Å². The summed E-state index contributed by atoms with van der Waals surface area (Å²) in [7, 11) is -3.10. The molecule has 1 aromatic carbocycles. The molecule has 0 saturated heterocycles. The Bertz CT molecular complexity index is 587. The molecule has 0 aliphatic heterocycles. The first-order valence-corrected chi connectivity index (χ1v) is 9.00. The van der Waals surface area contributed by atoms with Crippen LogP contribution in [0, 0.1) is 6.92 Å². The summed E-state index contributed by atoms with van der Waals surface area (Å²) in [6.45, 7) is 2.33. The fraction of sp³-hybridized carbons (Fsp3) is 0.462. The Morgan fingerprint density at radius 1 is 1.45 bits per heavy atom. The molecule has 0 aromatic heterocycles. The zero-order chi connectivity index (χ0) is 15.3. The molecule has 1 rings (SSSR count). The van der Waals surface area contributed by atoms with Gasteiger partial charge in [-0.2, -0.15) is 0 Å². The van der Waals surface area contributed by atoms with Crippen LogP contribution in [0.1, 0.15) is 17.5 Å². The molecule has 5 nitrogen and oxygen atoms in total. The highest BCUT2D eigenvalue weighted by molar-refractivity contribution is 9.10. The number of carbonyl (C=O) groups excluding carboxylic acids is 1. The minimum atomic E-state index is -3.10. The molecule has 0 heterocycles. The van der Waals surface area contributed by atoms with E-state index in [0.717, 1.165) is 21.9 Å². The number of benzene rings is 1. The van der Waals surface area contributed by atoms with Crippen LogP contribution in [0.4, 0.5) is 0 Å². The van der Waals surface area contributed by atoms with Gasteiger partial charge in [0.25, 0.3) is 0 Å². The van der Waals surface area contributed by atoms with Crippen LogP contribution >= 0.6 is 15.9 Å². The summed E-state index contributed by atoms with van der Waals surface area (Å²) < 4.78 is 23.0. The number of nitrogens with one attached hydrogen (secondary N) is 1. The number of hydrogen-bond donors (Lipinski definition) is 2. The molecule has 7 heteroatoms. The summed E-state index contributed by atoms with van der Waals surface area (Å²) in [4.78, 5) is 11.8. The van der Waals surface area contributed by atoms with E-state index in [2.05, 4.69) is 21.2 Å². The van der Waals surface area contributed by atoms with Crippen molar-refractivity contribution in [3.63, 3.8) is 0 Å². The number of halogens is 1. The van der Waals surface area contributed by atoms with E-state index in [9.17, 15) is 13.2 Å². The molecule has 1 aromatic rings. The second-order valence-corrected chi connectivity index (χ2v) is 7.99. The summed E-state index contributed by atoms with van der Waals surface area (Å²) in [5, 5.41) is 2.72. The molecule has 0 aliphatic rings. The first-order valence-electron chi connectivity index (χ1n) is 6.15. The number of amides is 1. The maximum atomic E-state index is 11.8. The average molecular weight is 363 g/mol. The van der Waals surface area contributed by atoms with E-state index < -0.39 is 15.9 Å². The van der Waals surface area contributed by atoms with Crippen molar-refractivity contribution in [3.8, 4) is 0 Å². The van der Waals surface area contributed by atoms with E-state index in [1.54, 1.807) is 0 Å². The van der Waals surface area contributed by atoms with Crippen LogP contribution in [0.5, 0.6) is 0 Å². The normalized spacial score (nSPS) is 13.0. The van der Waals surface area contributed by atoms with E-state index in [4.69, 9.17) is 5.73 Å². The fourth-order valence-corrected chi connectivity index (χ4v) is 2.80. The van der Waals surface area contributed by atoms with Gasteiger partial charge in [0.05, 0.1) is 11.8 Å². The van der Waals surface area contributed by atoms with E-state index in [1.165, 1.54) is 0 Å². The highest BCUT2D eigenvalue weighted by Gasteiger charge is 2.15. The van der Waals surface area contributed by atoms with E-state index in [-0.39, 0.29) is 18.1 Å². The second kappa shape index (κ2) is 7.19. The molecular weight excluding hydrogens is 344 g/mol. The van der Waals surface area contributed by atoms with E-state index in [1.807, 2.05) is 25.1 Å². The number of rotatable bonds is 6. The number of carbonyl (C=O) groups is 1. The maximum absolute atomic E-state index is 11.8. The Morgan fingerprint density at radius 3 is 2.65 bits per heavy atom. The van der Waals surface area contributed by atoms with Gasteiger partial charge in [-0.05, 0) is 36.6 Å². The van der Waals surface area contributed by atoms with Crippen molar-refractivity contribution in [2.24, 2.45) is 5.73 Å². The standard InChI is InChI=1S/C13H19BrN2O3S/c1-9-7-11(14)4-3-10(9)8-16-13(17)12(15)5-6-20(2,18)19/h3-4,7,12H,5-6,8,15H2,1-2H3,(H,16,17). The van der Waals surface area contributed by atoms with Gasteiger partial charge in [-0.25, -0.2) is 8.42 Å². The van der Waals surface area contributed by atoms with Gasteiger partial charge in [0, 0.05) is 17.3 Å². The summed E-state index contributed by atoms with van der Waals surface area (Å²) in [6.07, 6.45) is 1.26. The average Bonchev–Trinajstić information content (AvgIpc) is 2.33. The first kappa shape index (κ1) is 17.1. The highest BCUT2D eigenvalue weighted by atomic mass is 79.9. The van der Waals surface area contributed by atoms with Crippen molar-refractivity contribution < 1.29 is 13.2 Å². The van der Waals surface area contributed by atoms with Crippen LogP contribution in [-0.2, 0) is 21.2 Å². The van der Waals surface area contributed by atoms with Crippen LogP contribution in [0.3, 0.4) is 0 Å². The van der Waals surface area contributed by atoms with Gasteiger partial charge in [-0.3, -0.25) is 4.79 Å². The number of hydrogen-bond acceptors (Lipinski definition) is 4. The van der Waals surface area contributed by atoms with Gasteiger partial charge in [-0.15, -0.1) is 0 Å². The molecule has 3 N–H and O–H groups in total. The van der Waals surface area contributed by atoms with Crippen LogP contribution in [0.2, 0.25) is 0 Å². The molecule has 0 fully saturated rings. The Balaban J connectivity index is 2.50. The van der Waals surface area contributed by atoms with Crippen molar-refractivity contribution in [2.45, 2.75) is 25.9 Å². The van der Waals surface area contributed by atoms with Crippen LogP contribution in [0.25, 0.3) is 0 Å². The lowest BCUT2D eigenvalue weighted by molar-refractivity contribution is -0.122. The summed E-state index contributed by atoms with van der Waals surface area (Å²) in [5.41, 5.74) is 7.72. The summed E-state index contributed by atoms with van der Waals surface area (Å²) in [5.74, 6) is -0.421. The summed E-state index contributed by atoms with van der Waals surface area (Å²) >= 11 is 3.37. The molecule has 1 amide bonds. The quantitative estimate of drug-likeness (QED) is 0.793. The van der Waals surface area contributed by atoms with Gasteiger partial charge in [0.15, 0.2) is 0 Å². The van der Waals surface area contributed by atoms with Crippen molar-refractivity contribution in [1.29, 1.82) is 0 Å². The third-order valence-electron chi connectivity index (χ3n) is 2.89. The fourth-order valence-electron chi connectivity index (χ4n) is 1.64. The maximum Gasteiger partial charge on any atom is 0.237 e. The zero-order valence-corrected chi connectivity index (χ0v) is 13.9. The Labute approximate surface area is 128 Å². The Hall–Kier alpha value is -0.920. The minimum absolute atomic E-state index is 0.0844. The van der Waals surface area contributed by atoms with Crippen molar-refractivity contribution in [1.82, 2.24) is 5.32 Å². The van der Waals surface area contributed by atoms with Gasteiger partial charge < -0.3 is 11.1 Å². The van der Waals surface area contributed by atoms with E-state index >= 15 is 0 Å². The molecule has 0 bridgehead atoms. The third kappa shape index (κ3) is 6.02. The molecule has 1 atom stereocenters. The highest BCUT2D eigenvalue weighted by Crippen LogP contribution is 2.15. The second-order valence-electron chi connectivity index (χ2n) is 4.81. The number of sulfone groups is 1. The predicted octanol–water partition coefficient (Wildman–Crippen LogP) is 1.14. The van der Waals surface area contributed by atoms with Gasteiger partial charge >= 0.3 is 0 Å². The lowest BCUT2D eigenvalue weighted by Gasteiger charge is -2.13. The van der Waals surface area contributed by atoms with E-state index in [0.29, 0.717) is 6.54 Å². The van der Waals surface area contributed by atoms with Gasteiger partial charge in [0.1, 0.15) is 9.84 Å². The Morgan fingerprint density at radius 2 is 2.10 bits per heavy atom. The summed E-state index contributed by atoms with van der Waals surface area (Å²) in [6, 6.07) is 4.98. The monoisotopic (exact) mass is 362 g/mol. The van der Waals surface area contributed by atoms with Crippen molar-refractivity contribution >= 4 is 31.7 Å². The van der Waals surface area contributed by atoms with Gasteiger partial charge in [-0.1, -0.05) is 22.0 Å². The predicted molar refractivity (Wildman–Crippen MR) is 83.0 cm³/mol.